The van der Waals surface area contributed by atoms with E-state index in [0.29, 0.717) is 10.8 Å². The number of amides is 1. The van der Waals surface area contributed by atoms with E-state index in [-0.39, 0.29) is 22.6 Å². The van der Waals surface area contributed by atoms with Gasteiger partial charge < -0.3 is 10.3 Å². The molecule has 0 aliphatic rings. The highest BCUT2D eigenvalue weighted by Gasteiger charge is 2.12. The van der Waals surface area contributed by atoms with Crippen LogP contribution < -0.4 is 10.9 Å². The van der Waals surface area contributed by atoms with Crippen LogP contribution >= 0.6 is 0 Å². The van der Waals surface area contributed by atoms with Gasteiger partial charge in [0.1, 0.15) is 5.69 Å². The van der Waals surface area contributed by atoms with Gasteiger partial charge in [0.15, 0.2) is 0 Å². The number of hydrogen-bond acceptors (Lipinski definition) is 4. The Morgan fingerprint density at radius 3 is 2.65 bits per heavy atom. The fourth-order valence-corrected chi connectivity index (χ4v) is 2.23. The maximum atomic E-state index is 12.2. The van der Waals surface area contributed by atoms with Crippen LogP contribution in [0.3, 0.4) is 0 Å². The predicted molar refractivity (Wildman–Crippen MR) is 85.6 cm³/mol. The lowest BCUT2D eigenvalue weighted by Crippen LogP contribution is -2.18. The third kappa shape index (κ3) is 2.93. The molecule has 2 aromatic carbocycles. The maximum absolute atomic E-state index is 12.2. The number of nitrogens with one attached hydrogen (secondary N) is 2. The first-order valence-electron chi connectivity index (χ1n) is 6.72. The number of nitro groups is 1. The Bertz CT molecular complexity index is 978. The Hall–Kier alpha value is -3.48. The number of nitro benzene ring substituents is 1. The van der Waals surface area contributed by atoms with Crippen LogP contribution in [0.15, 0.2) is 59.4 Å². The molecule has 0 saturated heterocycles. The molecule has 7 nitrogen and oxygen atoms in total. The number of rotatable bonds is 3. The first-order valence-corrected chi connectivity index (χ1v) is 6.72. The van der Waals surface area contributed by atoms with Crippen molar-refractivity contribution in [2.24, 2.45) is 0 Å². The molecule has 0 fully saturated rings. The third-order valence-corrected chi connectivity index (χ3v) is 3.31. The topological polar surface area (TPSA) is 105 Å². The molecule has 0 saturated carbocycles. The van der Waals surface area contributed by atoms with E-state index in [9.17, 15) is 19.7 Å². The van der Waals surface area contributed by atoms with E-state index < -0.39 is 10.8 Å². The molecule has 1 aromatic heterocycles. The van der Waals surface area contributed by atoms with E-state index in [1.54, 1.807) is 30.3 Å². The molecular formula is C16H11N3O4. The van der Waals surface area contributed by atoms with Crippen LogP contribution in [0.4, 0.5) is 11.4 Å². The monoisotopic (exact) mass is 309 g/mol. The zero-order valence-electron chi connectivity index (χ0n) is 11.8. The molecule has 1 amide bonds. The highest BCUT2D eigenvalue weighted by molar-refractivity contribution is 6.04. The van der Waals surface area contributed by atoms with Gasteiger partial charge >= 0.3 is 0 Å². The van der Waals surface area contributed by atoms with Crippen molar-refractivity contribution in [3.05, 3.63) is 80.8 Å². The number of nitrogens with zero attached hydrogens (tertiary/aromatic N) is 1. The van der Waals surface area contributed by atoms with Crippen molar-refractivity contribution < 1.29 is 9.72 Å². The van der Waals surface area contributed by atoms with Gasteiger partial charge in [0.05, 0.1) is 4.92 Å². The number of anilines is 1. The molecule has 114 valence electrons. The summed E-state index contributed by atoms with van der Waals surface area (Å²) in [5.41, 5.74) is -0.138. The summed E-state index contributed by atoms with van der Waals surface area (Å²) in [4.78, 5) is 36.9. The molecule has 0 spiro atoms. The maximum Gasteiger partial charge on any atom is 0.272 e. The summed E-state index contributed by atoms with van der Waals surface area (Å²) >= 11 is 0. The fraction of sp³-hybridized carbons (Fsp3) is 0. The minimum Gasteiger partial charge on any atom is -0.320 e. The predicted octanol–water partition coefficient (Wildman–Crippen LogP) is 2.69. The molecule has 0 aliphatic carbocycles. The molecule has 0 unspecified atom stereocenters. The van der Waals surface area contributed by atoms with Crippen molar-refractivity contribution >= 4 is 28.1 Å². The third-order valence-electron chi connectivity index (χ3n) is 3.31. The Balaban J connectivity index is 1.93. The van der Waals surface area contributed by atoms with Gasteiger partial charge in [0, 0.05) is 23.2 Å². The van der Waals surface area contributed by atoms with E-state index in [1.165, 1.54) is 24.3 Å². The van der Waals surface area contributed by atoms with Crippen LogP contribution in [0.2, 0.25) is 0 Å². The number of carbonyl (C=O) groups excluding carboxylic acids is 1. The van der Waals surface area contributed by atoms with Gasteiger partial charge in [-0.25, -0.2) is 0 Å². The molecule has 0 bridgehead atoms. The van der Waals surface area contributed by atoms with Gasteiger partial charge in [0.2, 0.25) is 0 Å². The summed E-state index contributed by atoms with van der Waals surface area (Å²) in [5, 5.41) is 14.4. The Labute approximate surface area is 129 Å². The van der Waals surface area contributed by atoms with Gasteiger partial charge in [0.25, 0.3) is 17.2 Å². The summed E-state index contributed by atoms with van der Waals surface area (Å²) in [5.74, 6) is -0.548. The molecule has 23 heavy (non-hydrogen) atoms. The second kappa shape index (κ2) is 5.72. The van der Waals surface area contributed by atoms with E-state index in [4.69, 9.17) is 0 Å². The highest BCUT2D eigenvalue weighted by atomic mass is 16.6. The van der Waals surface area contributed by atoms with Crippen molar-refractivity contribution in [1.82, 2.24) is 4.98 Å². The number of H-pyrrole nitrogens is 1. The van der Waals surface area contributed by atoms with Gasteiger partial charge in [-0.3, -0.25) is 19.7 Å². The number of benzene rings is 2. The van der Waals surface area contributed by atoms with Crippen LogP contribution in [-0.2, 0) is 0 Å². The first-order chi connectivity index (χ1) is 11.0. The summed E-state index contributed by atoms with van der Waals surface area (Å²) in [6.07, 6.45) is 0. The van der Waals surface area contributed by atoms with E-state index in [0.717, 1.165) is 0 Å². The van der Waals surface area contributed by atoms with Crippen LogP contribution in [0.1, 0.15) is 10.5 Å². The average molecular weight is 309 g/mol. The van der Waals surface area contributed by atoms with E-state index in [1.807, 2.05) is 0 Å². The molecule has 2 N–H and O–H groups in total. The number of non-ortho nitro benzene ring substituents is 1. The smallest absolute Gasteiger partial charge is 0.272 e. The van der Waals surface area contributed by atoms with Gasteiger partial charge in [-0.05, 0) is 23.6 Å². The van der Waals surface area contributed by atoms with Crippen molar-refractivity contribution in [3.8, 4) is 0 Å². The summed E-state index contributed by atoms with van der Waals surface area (Å²) in [6.45, 7) is 0. The zero-order valence-corrected chi connectivity index (χ0v) is 11.8. The minimum absolute atomic E-state index is 0.0835. The lowest BCUT2D eigenvalue weighted by atomic mass is 10.1. The molecule has 7 heteroatoms. The largest absolute Gasteiger partial charge is 0.320 e. The molecule has 0 aliphatic heterocycles. The number of carbonyl (C=O) groups is 1. The van der Waals surface area contributed by atoms with Crippen LogP contribution in [-0.4, -0.2) is 15.8 Å². The summed E-state index contributed by atoms with van der Waals surface area (Å²) < 4.78 is 0. The fourth-order valence-electron chi connectivity index (χ4n) is 2.23. The SMILES string of the molecule is O=C(Nc1cccc([N+](=O)[O-])c1)c1cc2ccccc2c(=O)[nH]1. The van der Waals surface area contributed by atoms with Crippen LogP contribution in [0, 0.1) is 10.1 Å². The molecule has 3 rings (SSSR count). The van der Waals surface area contributed by atoms with Gasteiger partial charge in [-0.2, -0.15) is 0 Å². The van der Waals surface area contributed by atoms with Crippen molar-refractivity contribution in [1.29, 1.82) is 0 Å². The Morgan fingerprint density at radius 2 is 1.87 bits per heavy atom. The molecular weight excluding hydrogens is 298 g/mol. The Morgan fingerprint density at radius 1 is 1.09 bits per heavy atom. The first kappa shape index (κ1) is 14.5. The lowest BCUT2D eigenvalue weighted by Gasteiger charge is -2.06. The number of aromatic nitrogens is 1. The molecule has 3 aromatic rings. The van der Waals surface area contributed by atoms with E-state index >= 15 is 0 Å². The second-order valence-electron chi connectivity index (χ2n) is 4.86. The van der Waals surface area contributed by atoms with Gasteiger partial charge in [-0.15, -0.1) is 0 Å². The number of fused-ring (bicyclic) bond motifs is 1. The number of aromatic amines is 1. The van der Waals surface area contributed by atoms with Crippen molar-refractivity contribution in [3.63, 3.8) is 0 Å². The van der Waals surface area contributed by atoms with Crippen molar-refractivity contribution in [2.75, 3.05) is 5.32 Å². The minimum atomic E-state index is -0.548. The van der Waals surface area contributed by atoms with E-state index in [2.05, 4.69) is 10.3 Å². The summed E-state index contributed by atoms with van der Waals surface area (Å²) in [7, 11) is 0. The quantitative estimate of drug-likeness (QED) is 0.573. The molecule has 0 radical (unpaired) electrons. The standard InChI is InChI=1S/C16H11N3O4/c20-15-13-7-2-1-4-10(13)8-14(18-15)16(21)17-11-5-3-6-12(9-11)19(22)23/h1-9H,(H,17,21)(H,18,20). The number of pyridine rings is 1. The van der Waals surface area contributed by atoms with Crippen LogP contribution in [0.5, 0.6) is 0 Å². The highest BCUT2D eigenvalue weighted by Crippen LogP contribution is 2.18. The Kier molecular flexibility index (Phi) is 3.60. The van der Waals surface area contributed by atoms with Crippen LogP contribution in [0.25, 0.3) is 10.8 Å². The van der Waals surface area contributed by atoms with Crippen molar-refractivity contribution in [2.45, 2.75) is 0 Å². The zero-order chi connectivity index (χ0) is 16.4. The van der Waals surface area contributed by atoms with Gasteiger partial charge in [-0.1, -0.05) is 24.3 Å². The lowest BCUT2D eigenvalue weighted by molar-refractivity contribution is -0.384. The average Bonchev–Trinajstić information content (AvgIpc) is 2.55. The number of hydrogen-bond donors (Lipinski definition) is 2. The molecule has 0 atom stereocenters. The summed E-state index contributed by atoms with van der Waals surface area (Å²) in [6, 6.07) is 14.0. The normalized spacial score (nSPS) is 10.4. The molecule has 1 heterocycles. The second-order valence-corrected chi connectivity index (χ2v) is 4.86.